The Kier molecular flexibility index (Phi) is 9.72. The molecule has 2 aromatic heterocycles. The second-order valence-corrected chi connectivity index (χ2v) is 13.6. The first kappa shape index (κ1) is 33.5. The minimum atomic E-state index is -0.133. The van der Waals surface area contributed by atoms with E-state index in [9.17, 15) is 4.79 Å². The zero-order valence-electron chi connectivity index (χ0n) is 29.5. The Balaban J connectivity index is 1.05. The molecule has 1 N–H and O–H groups in total. The molecule has 2 fully saturated rings. The molecule has 5 aromatic rings. The van der Waals surface area contributed by atoms with Crippen LogP contribution in [0.5, 0.6) is 17.2 Å². The number of imidazole rings is 1. The van der Waals surface area contributed by atoms with Gasteiger partial charge in [0.05, 0.1) is 38.9 Å². The molecule has 1 unspecified atom stereocenters. The topological polar surface area (TPSA) is 96.3 Å². The molecule has 2 saturated heterocycles. The maximum absolute atomic E-state index is 14.0. The van der Waals surface area contributed by atoms with E-state index in [0.717, 1.165) is 73.8 Å². The van der Waals surface area contributed by atoms with Crippen LogP contribution in [0.2, 0.25) is 0 Å². The van der Waals surface area contributed by atoms with Crippen molar-refractivity contribution < 1.29 is 23.4 Å². The number of aromatic nitrogens is 2. The monoisotopic (exact) mass is 677 g/mol. The number of benzene rings is 3. The van der Waals surface area contributed by atoms with Gasteiger partial charge in [0, 0.05) is 43.2 Å². The van der Waals surface area contributed by atoms with Crippen molar-refractivity contribution in [3.63, 3.8) is 0 Å². The number of H-pyrrole nitrogens is 1. The summed E-state index contributed by atoms with van der Waals surface area (Å²) in [5.41, 5.74) is 3.71. The molecule has 0 saturated carbocycles. The van der Waals surface area contributed by atoms with Gasteiger partial charge in [0.1, 0.15) is 11.5 Å². The minimum Gasteiger partial charge on any atom is -0.493 e. The molecule has 7 rings (SSSR count). The Morgan fingerprint density at radius 1 is 0.940 bits per heavy atom. The third-order valence-corrected chi connectivity index (χ3v) is 10.6. The highest BCUT2D eigenvalue weighted by Gasteiger charge is 2.42. The van der Waals surface area contributed by atoms with E-state index in [1.807, 2.05) is 30.0 Å². The van der Waals surface area contributed by atoms with Gasteiger partial charge in [-0.1, -0.05) is 42.5 Å². The summed E-state index contributed by atoms with van der Waals surface area (Å²) >= 11 is 0. The van der Waals surface area contributed by atoms with Gasteiger partial charge >= 0.3 is 0 Å². The largest absolute Gasteiger partial charge is 0.493 e. The van der Waals surface area contributed by atoms with Gasteiger partial charge < -0.3 is 38.3 Å². The molecule has 1 amide bonds. The van der Waals surface area contributed by atoms with Crippen molar-refractivity contribution in [2.24, 2.45) is 0 Å². The van der Waals surface area contributed by atoms with Gasteiger partial charge in [-0.15, -0.1) is 0 Å². The number of furan rings is 1. The fourth-order valence-electron chi connectivity index (χ4n) is 7.83. The third kappa shape index (κ3) is 6.76. The average Bonchev–Trinajstić information content (AvgIpc) is 3.91. The summed E-state index contributed by atoms with van der Waals surface area (Å²) in [6.45, 7) is 6.97. The van der Waals surface area contributed by atoms with Crippen molar-refractivity contribution in [3.8, 4) is 17.2 Å². The normalized spacial score (nSPS) is 18.4. The predicted molar refractivity (Wildman–Crippen MR) is 195 cm³/mol. The lowest BCUT2D eigenvalue weighted by Crippen LogP contribution is -2.46. The van der Waals surface area contributed by atoms with E-state index < -0.39 is 0 Å². The second-order valence-electron chi connectivity index (χ2n) is 13.6. The molecule has 1 atom stereocenters. The average molecular weight is 678 g/mol. The first-order valence-electron chi connectivity index (χ1n) is 17.5. The van der Waals surface area contributed by atoms with Crippen molar-refractivity contribution in [2.75, 3.05) is 59.0 Å². The molecule has 2 aliphatic rings. The molecule has 0 radical (unpaired) electrons. The van der Waals surface area contributed by atoms with Crippen LogP contribution in [0.1, 0.15) is 53.1 Å². The number of hydrogen-bond donors (Lipinski definition) is 1. The number of rotatable bonds is 12. The number of carbonyl (C=O) groups is 1. The molecule has 2 aliphatic heterocycles. The fraction of sp³-hybridized carbons (Fsp3) is 0.400. The van der Waals surface area contributed by atoms with Crippen LogP contribution in [0, 0.1) is 6.92 Å². The summed E-state index contributed by atoms with van der Waals surface area (Å²) in [6, 6.07) is 26.9. The van der Waals surface area contributed by atoms with Gasteiger partial charge in [-0.05, 0) is 81.1 Å². The summed E-state index contributed by atoms with van der Waals surface area (Å²) in [7, 11) is 4.71. The van der Waals surface area contributed by atoms with Crippen LogP contribution in [0.15, 0.2) is 83.3 Å². The SMILES string of the molecule is COc1cc(C(=O)N2CCC(CCN3CCC(N(Cc4ccc(C)o4)c4nc5ccccc5[nH]4)CC3)(c3ccccc3)C2)cc(OC)c1OC. The molecule has 0 bridgehead atoms. The highest BCUT2D eigenvalue weighted by Crippen LogP contribution is 2.42. The molecule has 262 valence electrons. The quantitative estimate of drug-likeness (QED) is 0.154. The zero-order valence-corrected chi connectivity index (χ0v) is 29.5. The number of para-hydroxylation sites is 2. The lowest BCUT2D eigenvalue weighted by molar-refractivity contribution is 0.0779. The van der Waals surface area contributed by atoms with E-state index >= 15 is 0 Å². The van der Waals surface area contributed by atoms with Crippen LogP contribution >= 0.6 is 0 Å². The number of hydrogen-bond acceptors (Lipinski definition) is 8. The van der Waals surface area contributed by atoms with Gasteiger partial charge in [0.25, 0.3) is 5.91 Å². The summed E-state index contributed by atoms with van der Waals surface area (Å²) < 4.78 is 22.6. The Labute approximate surface area is 293 Å². The maximum atomic E-state index is 14.0. The van der Waals surface area contributed by atoms with E-state index in [-0.39, 0.29) is 11.3 Å². The number of methoxy groups -OCH3 is 3. The summed E-state index contributed by atoms with van der Waals surface area (Å²) in [6.07, 6.45) is 3.94. The Morgan fingerprint density at radius 2 is 1.66 bits per heavy atom. The van der Waals surface area contributed by atoms with Gasteiger partial charge in [-0.3, -0.25) is 4.79 Å². The number of ether oxygens (including phenoxy) is 3. The molecule has 50 heavy (non-hydrogen) atoms. The number of fused-ring (bicyclic) bond motifs is 1. The first-order chi connectivity index (χ1) is 24.4. The number of nitrogens with zero attached hydrogens (tertiary/aromatic N) is 4. The smallest absolute Gasteiger partial charge is 0.254 e. The lowest BCUT2D eigenvalue weighted by atomic mass is 9.76. The standard InChI is InChI=1S/C40H47N5O5/c1-28-14-15-32(50-28)26-45(39-41-33-12-8-9-13-34(33)42-39)31-16-20-43(21-17-31)22-18-40(30-10-6-5-7-11-30)19-23-44(27-40)38(46)29-24-35(47-2)37(49-4)36(25-29)48-3/h5-15,24-25,31H,16-23,26-27H2,1-4H3,(H,41,42). The molecule has 4 heterocycles. The summed E-state index contributed by atoms with van der Waals surface area (Å²) in [5, 5.41) is 0. The number of piperidine rings is 1. The molecular weight excluding hydrogens is 630 g/mol. The lowest BCUT2D eigenvalue weighted by Gasteiger charge is -2.39. The minimum absolute atomic E-state index is 0.0275. The van der Waals surface area contributed by atoms with E-state index in [2.05, 4.69) is 63.3 Å². The van der Waals surface area contributed by atoms with Crippen LogP contribution in [0.3, 0.4) is 0 Å². The molecule has 0 spiro atoms. The van der Waals surface area contributed by atoms with E-state index in [1.165, 1.54) is 5.56 Å². The van der Waals surface area contributed by atoms with Crippen LogP contribution in [0.4, 0.5) is 5.95 Å². The number of likely N-dealkylation sites (tertiary alicyclic amines) is 2. The number of carbonyl (C=O) groups excluding carboxylic acids is 1. The van der Waals surface area contributed by atoms with Gasteiger partial charge in [-0.25, -0.2) is 4.98 Å². The van der Waals surface area contributed by atoms with Gasteiger partial charge in [-0.2, -0.15) is 0 Å². The van der Waals surface area contributed by atoms with Crippen molar-refractivity contribution in [1.82, 2.24) is 19.8 Å². The van der Waals surface area contributed by atoms with E-state index in [4.69, 9.17) is 23.6 Å². The molecule has 0 aliphatic carbocycles. The van der Waals surface area contributed by atoms with Crippen molar-refractivity contribution in [3.05, 3.63) is 102 Å². The summed E-state index contributed by atoms with van der Waals surface area (Å²) in [4.78, 5) is 29.5. The van der Waals surface area contributed by atoms with Crippen LogP contribution < -0.4 is 19.1 Å². The first-order valence-corrected chi connectivity index (χ1v) is 17.5. The highest BCUT2D eigenvalue weighted by molar-refractivity contribution is 5.96. The Morgan fingerprint density at radius 3 is 2.32 bits per heavy atom. The zero-order chi connectivity index (χ0) is 34.7. The third-order valence-electron chi connectivity index (χ3n) is 10.6. The van der Waals surface area contributed by atoms with Gasteiger partial charge in [0.15, 0.2) is 11.5 Å². The number of amides is 1. The number of aryl methyl sites for hydroxylation is 1. The van der Waals surface area contributed by atoms with Crippen molar-refractivity contribution in [2.45, 2.75) is 50.6 Å². The van der Waals surface area contributed by atoms with Crippen molar-refractivity contribution in [1.29, 1.82) is 0 Å². The van der Waals surface area contributed by atoms with Gasteiger partial charge in [0.2, 0.25) is 11.7 Å². The maximum Gasteiger partial charge on any atom is 0.254 e. The Bertz CT molecular complexity index is 1860. The molecule has 10 heteroatoms. The van der Waals surface area contributed by atoms with Crippen molar-refractivity contribution >= 4 is 22.9 Å². The van der Waals surface area contributed by atoms with E-state index in [0.29, 0.717) is 48.5 Å². The van der Waals surface area contributed by atoms with Crippen LogP contribution in [0.25, 0.3) is 11.0 Å². The molecular formula is C40H47N5O5. The van der Waals surface area contributed by atoms with E-state index in [1.54, 1.807) is 33.5 Å². The molecule has 10 nitrogen and oxygen atoms in total. The van der Waals surface area contributed by atoms with Crippen LogP contribution in [-0.2, 0) is 12.0 Å². The fourth-order valence-corrected chi connectivity index (χ4v) is 7.83. The predicted octanol–water partition coefficient (Wildman–Crippen LogP) is 6.84. The van der Waals surface area contributed by atoms with Crippen LogP contribution in [-0.4, -0.2) is 85.8 Å². The highest BCUT2D eigenvalue weighted by atomic mass is 16.5. The number of aromatic amines is 1. The summed E-state index contributed by atoms with van der Waals surface area (Å²) in [5.74, 6) is 4.16. The Hall–Kier alpha value is -4.96. The molecule has 3 aromatic carbocycles. The number of anilines is 1. The number of nitrogens with one attached hydrogen (secondary N) is 1. The second kappa shape index (κ2) is 14.5.